The summed E-state index contributed by atoms with van der Waals surface area (Å²) < 4.78 is 38.9. The Morgan fingerprint density at radius 1 is 0.878 bits per heavy atom. The van der Waals surface area contributed by atoms with Crippen LogP contribution in [0.15, 0.2) is 78.9 Å². The molecule has 0 saturated carbocycles. The number of amides is 1. The number of carboxylic acid groups (broad SMARTS) is 1. The highest BCUT2D eigenvalue weighted by atomic mass is 19.4. The van der Waals surface area contributed by atoms with Crippen molar-refractivity contribution in [3.05, 3.63) is 95.6 Å². The SMILES string of the molecule is CC(CCCCN1CCC(NC(=O)c2ccccc2-c2ccc(C(F)(F)F)cc2)CC1)(CC(=O)O)c1ccccc1. The van der Waals surface area contributed by atoms with Crippen LogP contribution in [0.5, 0.6) is 0 Å². The van der Waals surface area contributed by atoms with Crippen LogP contribution in [0.3, 0.4) is 0 Å². The first-order chi connectivity index (χ1) is 19.5. The summed E-state index contributed by atoms with van der Waals surface area (Å²) in [5.74, 6) is -1.01. The lowest BCUT2D eigenvalue weighted by Crippen LogP contribution is -2.45. The van der Waals surface area contributed by atoms with Crippen LogP contribution < -0.4 is 5.32 Å². The second-order valence-corrected chi connectivity index (χ2v) is 11.2. The molecule has 0 aliphatic carbocycles. The molecule has 4 rings (SSSR count). The topological polar surface area (TPSA) is 69.6 Å². The van der Waals surface area contributed by atoms with E-state index in [1.165, 1.54) is 12.1 Å². The molecule has 218 valence electrons. The van der Waals surface area contributed by atoms with Gasteiger partial charge in [-0.1, -0.05) is 74.0 Å². The van der Waals surface area contributed by atoms with E-state index in [1.807, 2.05) is 37.3 Å². The fraction of sp³-hybridized carbons (Fsp3) is 0.394. The maximum atomic E-state index is 13.2. The summed E-state index contributed by atoms with van der Waals surface area (Å²) in [5.41, 5.74) is 1.53. The monoisotopic (exact) mass is 566 g/mol. The number of nitrogens with zero attached hydrogens (tertiary/aromatic N) is 1. The number of halogens is 3. The Balaban J connectivity index is 1.26. The van der Waals surface area contributed by atoms with Gasteiger partial charge in [-0.15, -0.1) is 0 Å². The number of rotatable bonds is 11. The summed E-state index contributed by atoms with van der Waals surface area (Å²) in [5, 5.41) is 12.6. The number of aliphatic carboxylic acids is 1. The number of hydrogen-bond acceptors (Lipinski definition) is 3. The molecule has 1 fully saturated rings. The molecule has 1 atom stereocenters. The van der Waals surface area contributed by atoms with E-state index in [0.29, 0.717) is 16.7 Å². The van der Waals surface area contributed by atoms with Gasteiger partial charge in [-0.25, -0.2) is 0 Å². The van der Waals surface area contributed by atoms with Crippen molar-refractivity contribution in [1.82, 2.24) is 10.2 Å². The molecule has 1 aliphatic heterocycles. The van der Waals surface area contributed by atoms with E-state index >= 15 is 0 Å². The number of carbonyl (C=O) groups excluding carboxylic acids is 1. The average molecular weight is 567 g/mol. The molecule has 0 spiro atoms. The first-order valence-electron chi connectivity index (χ1n) is 14.1. The number of unbranched alkanes of at least 4 members (excludes halogenated alkanes) is 1. The molecule has 1 amide bonds. The first kappa shape index (κ1) is 30.3. The van der Waals surface area contributed by atoms with Crippen LogP contribution in [0.4, 0.5) is 13.2 Å². The zero-order chi connectivity index (χ0) is 29.5. The summed E-state index contributed by atoms with van der Waals surface area (Å²) in [6.07, 6.45) is 0.0190. The minimum absolute atomic E-state index is 0.0244. The van der Waals surface area contributed by atoms with Gasteiger partial charge in [0.05, 0.1) is 12.0 Å². The van der Waals surface area contributed by atoms with Crippen LogP contribution in [0.2, 0.25) is 0 Å². The van der Waals surface area contributed by atoms with E-state index in [0.717, 1.165) is 69.4 Å². The Morgan fingerprint density at radius 2 is 1.51 bits per heavy atom. The molecule has 1 heterocycles. The zero-order valence-electron chi connectivity index (χ0n) is 23.3. The third kappa shape index (κ3) is 8.19. The van der Waals surface area contributed by atoms with Crippen LogP contribution in [0.1, 0.15) is 66.9 Å². The Labute approximate surface area is 239 Å². The van der Waals surface area contributed by atoms with Crippen LogP contribution in [-0.4, -0.2) is 47.6 Å². The van der Waals surface area contributed by atoms with E-state index in [4.69, 9.17) is 0 Å². The van der Waals surface area contributed by atoms with Crippen molar-refractivity contribution in [2.24, 2.45) is 0 Å². The van der Waals surface area contributed by atoms with Gasteiger partial charge < -0.3 is 15.3 Å². The van der Waals surface area contributed by atoms with Crippen LogP contribution in [0.25, 0.3) is 11.1 Å². The van der Waals surface area contributed by atoms with Gasteiger partial charge in [0.15, 0.2) is 0 Å². The molecule has 3 aromatic carbocycles. The number of likely N-dealkylation sites (tertiary alicyclic amines) is 1. The van der Waals surface area contributed by atoms with E-state index in [2.05, 4.69) is 10.2 Å². The molecule has 5 nitrogen and oxygen atoms in total. The maximum Gasteiger partial charge on any atom is 0.416 e. The molecule has 0 bridgehead atoms. The second-order valence-electron chi connectivity index (χ2n) is 11.2. The highest BCUT2D eigenvalue weighted by molar-refractivity contribution is 6.01. The van der Waals surface area contributed by atoms with Crippen molar-refractivity contribution in [2.45, 2.75) is 63.1 Å². The van der Waals surface area contributed by atoms with Gasteiger partial charge in [-0.2, -0.15) is 13.2 Å². The van der Waals surface area contributed by atoms with Gasteiger partial charge in [0.2, 0.25) is 0 Å². The second kappa shape index (κ2) is 13.3. The number of alkyl halides is 3. The molecule has 2 N–H and O–H groups in total. The zero-order valence-corrected chi connectivity index (χ0v) is 23.3. The standard InChI is InChI=1S/C33H37F3N2O3/c1-32(23-30(39)40,25-9-3-2-4-10-25)19-7-8-20-38-21-17-27(18-22-38)37-31(41)29-12-6-5-11-28(29)24-13-15-26(16-14-24)33(34,35)36/h2-6,9-16,27H,7-8,17-23H2,1H3,(H,37,41)(H,39,40). The van der Waals surface area contributed by atoms with Gasteiger partial charge in [0.25, 0.3) is 5.91 Å². The van der Waals surface area contributed by atoms with E-state index in [9.17, 15) is 27.9 Å². The van der Waals surface area contributed by atoms with E-state index in [-0.39, 0.29) is 18.4 Å². The van der Waals surface area contributed by atoms with Gasteiger partial charge in [0.1, 0.15) is 0 Å². The van der Waals surface area contributed by atoms with E-state index in [1.54, 1.807) is 24.3 Å². The van der Waals surface area contributed by atoms with E-state index < -0.39 is 23.1 Å². The minimum Gasteiger partial charge on any atom is -0.481 e. The third-order valence-corrected chi connectivity index (χ3v) is 8.08. The summed E-state index contributed by atoms with van der Waals surface area (Å²) in [6, 6.07) is 21.7. The Bertz CT molecular complexity index is 1300. The molecule has 0 aromatic heterocycles. The lowest BCUT2D eigenvalue weighted by molar-refractivity contribution is -0.139. The quantitative estimate of drug-likeness (QED) is 0.242. The highest BCUT2D eigenvalue weighted by Gasteiger charge is 2.31. The molecule has 8 heteroatoms. The summed E-state index contributed by atoms with van der Waals surface area (Å²) in [4.78, 5) is 27.1. The fourth-order valence-corrected chi connectivity index (χ4v) is 5.70. The molecule has 1 aliphatic rings. The lowest BCUT2D eigenvalue weighted by atomic mass is 9.75. The number of carbonyl (C=O) groups is 2. The summed E-state index contributed by atoms with van der Waals surface area (Å²) in [6.45, 7) is 4.67. The molecular weight excluding hydrogens is 529 g/mol. The summed E-state index contributed by atoms with van der Waals surface area (Å²) in [7, 11) is 0. The van der Waals surface area contributed by atoms with Gasteiger partial charge in [-0.05, 0) is 67.1 Å². The lowest BCUT2D eigenvalue weighted by Gasteiger charge is -2.33. The van der Waals surface area contributed by atoms with Crippen molar-refractivity contribution in [1.29, 1.82) is 0 Å². The predicted octanol–water partition coefficient (Wildman–Crippen LogP) is 7.17. The number of hydrogen-bond donors (Lipinski definition) is 2. The van der Waals surface area contributed by atoms with Crippen LogP contribution in [0, 0.1) is 0 Å². The van der Waals surface area contributed by atoms with Gasteiger partial charge in [0, 0.05) is 30.1 Å². The van der Waals surface area contributed by atoms with Gasteiger partial charge >= 0.3 is 12.1 Å². The number of piperidine rings is 1. The molecule has 0 radical (unpaired) electrons. The smallest absolute Gasteiger partial charge is 0.416 e. The summed E-state index contributed by atoms with van der Waals surface area (Å²) >= 11 is 0. The fourth-order valence-electron chi connectivity index (χ4n) is 5.70. The number of benzene rings is 3. The Morgan fingerprint density at radius 3 is 2.15 bits per heavy atom. The molecule has 41 heavy (non-hydrogen) atoms. The van der Waals surface area contributed by atoms with Crippen molar-refractivity contribution in [3.63, 3.8) is 0 Å². The Hall–Kier alpha value is -3.65. The van der Waals surface area contributed by atoms with Crippen LogP contribution in [-0.2, 0) is 16.4 Å². The minimum atomic E-state index is -4.41. The first-order valence-corrected chi connectivity index (χ1v) is 14.1. The van der Waals surface area contributed by atoms with Gasteiger partial charge in [-0.3, -0.25) is 9.59 Å². The largest absolute Gasteiger partial charge is 0.481 e. The van der Waals surface area contributed by atoms with Crippen molar-refractivity contribution in [3.8, 4) is 11.1 Å². The maximum absolute atomic E-state index is 13.2. The molecule has 1 saturated heterocycles. The predicted molar refractivity (Wildman–Crippen MR) is 154 cm³/mol. The normalized spacial score (nSPS) is 16.2. The molecule has 3 aromatic rings. The van der Waals surface area contributed by atoms with Crippen molar-refractivity contribution in [2.75, 3.05) is 19.6 Å². The van der Waals surface area contributed by atoms with Crippen molar-refractivity contribution >= 4 is 11.9 Å². The molecular formula is C33H37F3N2O3. The van der Waals surface area contributed by atoms with Crippen molar-refractivity contribution < 1.29 is 27.9 Å². The highest BCUT2D eigenvalue weighted by Crippen LogP contribution is 2.34. The Kier molecular flexibility index (Phi) is 9.86. The van der Waals surface area contributed by atoms with Crippen LogP contribution >= 0.6 is 0 Å². The number of nitrogens with one attached hydrogen (secondary N) is 1. The molecule has 1 unspecified atom stereocenters. The number of carboxylic acids is 1. The average Bonchev–Trinajstić information content (AvgIpc) is 2.96. The third-order valence-electron chi connectivity index (χ3n) is 8.08.